The van der Waals surface area contributed by atoms with Crippen LogP contribution in [0.1, 0.15) is 213 Å². The molecule has 0 aliphatic heterocycles. The van der Waals surface area contributed by atoms with E-state index in [-0.39, 0.29) is 32.0 Å². The number of quaternary nitrogens is 1. The molecule has 0 aromatic rings. The Morgan fingerprint density at radius 3 is 1.28 bits per heavy atom. The van der Waals surface area contributed by atoms with Gasteiger partial charge >= 0.3 is 19.8 Å². The molecule has 9 nitrogen and oxygen atoms in total. The summed E-state index contributed by atoms with van der Waals surface area (Å²) in [5.41, 5.74) is 0. The quantitative estimate of drug-likeness (QED) is 0.0211. The van der Waals surface area contributed by atoms with Gasteiger partial charge in [-0.2, -0.15) is 0 Å². The van der Waals surface area contributed by atoms with Crippen molar-refractivity contribution in [3.8, 4) is 0 Å². The van der Waals surface area contributed by atoms with Crippen molar-refractivity contribution in [2.24, 2.45) is 0 Å². The fourth-order valence-electron chi connectivity index (χ4n) is 7.01. The maximum Gasteiger partial charge on any atom is 0.472 e. The summed E-state index contributed by atoms with van der Waals surface area (Å²) in [6.45, 7) is 4.29. The Labute approximate surface area is 411 Å². The fourth-order valence-corrected chi connectivity index (χ4v) is 7.75. The van der Waals surface area contributed by atoms with E-state index in [1.54, 1.807) is 0 Å². The van der Waals surface area contributed by atoms with Crippen molar-refractivity contribution in [2.75, 3.05) is 47.5 Å². The highest BCUT2D eigenvalue weighted by Crippen LogP contribution is 2.43. The van der Waals surface area contributed by atoms with Gasteiger partial charge in [0.1, 0.15) is 19.8 Å². The lowest BCUT2D eigenvalue weighted by Crippen LogP contribution is -2.37. The summed E-state index contributed by atoms with van der Waals surface area (Å²) >= 11 is 0. The van der Waals surface area contributed by atoms with Crippen LogP contribution in [0.15, 0.2) is 85.1 Å². The summed E-state index contributed by atoms with van der Waals surface area (Å²) in [6.07, 6.45) is 63.5. The van der Waals surface area contributed by atoms with Gasteiger partial charge in [-0.3, -0.25) is 18.6 Å². The van der Waals surface area contributed by atoms with Crippen molar-refractivity contribution in [2.45, 2.75) is 219 Å². The summed E-state index contributed by atoms with van der Waals surface area (Å²) in [7, 11) is 1.46. The molecular weight excluding hydrogens is 858 g/mol. The smallest absolute Gasteiger partial charge is 0.462 e. The second-order valence-corrected chi connectivity index (χ2v) is 20.3. The minimum absolute atomic E-state index is 0.0249. The molecule has 0 aromatic heterocycles. The number of unbranched alkanes of at least 4 members (excludes halogenated alkanes) is 20. The van der Waals surface area contributed by atoms with Crippen LogP contribution in [0.2, 0.25) is 0 Å². The lowest BCUT2D eigenvalue weighted by Gasteiger charge is -2.24. The van der Waals surface area contributed by atoms with Gasteiger partial charge in [0.2, 0.25) is 0 Å². The lowest BCUT2D eigenvalue weighted by atomic mass is 10.1. The predicted octanol–water partition coefficient (Wildman–Crippen LogP) is 16.3. The molecule has 0 spiro atoms. The first kappa shape index (κ1) is 64.2. The Morgan fingerprint density at radius 2 is 0.851 bits per heavy atom. The van der Waals surface area contributed by atoms with E-state index in [1.165, 1.54) is 77.0 Å². The van der Waals surface area contributed by atoms with Gasteiger partial charge in [-0.1, -0.05) is 195 Å². The van der Waals surface area contributed by atoms with Crippen LogP contribution < -0.4 is 0 Å². The summed E-state index contributed by atoms with van der Waals surface area (Å²) < 4.78 is 34.5. The van der Waals surface area contributed by atoms with E-state index in [0.29, 0.717) is 17.4 Å². The molecule has 0 aliphatic carbocycles. The number of esters is 2. The summed E-state index contributed by atoms with van der Waals surface area (Å²) in [5.74, 6) is -0.820. The van der Waals surface area contributed by atoms with Crippen LogP contribution in [0.4, 0.5) is 0 Å². The largest absolute Gasteiger partial charge is 0.472 e. The molecule has 0 radical (unpaired) electrons. The Balaban J connectivity index is 4.25. The van der Waals surface area contributed by atoms with E-state index < -0.39 is 26.5 Å². The van der Waals surface area contributed by atoms with Crippen LogP contribution in [0.25, 0.3) is 0 Å². The zero-order valence-corrected chi connectivity index (χ0v) is 44.5. The van der Waals surface area contributed by atoms with Crippen LogP contribution in [-0.4, -0.2) is 74.9 Å². The van der Waals surface area contributed by atoms with Gasteiger partial charge in [0.15, 0.2) is 6.10 Å². The number of phosphoric ester groups is 1. The van der Waals surface area contributed by atoms with Crippen molar-refractivity contribution in [1.82, 2.24) is 0 Å². The van der Waals surface area contributed by atoms with Gasteiger partial charge < -0.3 is 18.9 Å². The molecule has 0 aromatic carbocycles. The van der Waals surface area contributed by atoms with Crippen LogP contribution in [0.3, 0.4) is 0 Å². The van der Waals surface area contributed by atoms with Crippen molar-refractivity contribution in [3.05, 3.63) is 85.1 Å². The topological polar surface area (TPSA) is 108 Å². The summed E-state index contributed by atoms with van der Waals surface area (Å²) in [5, 5.41) is 0. The van der Waals surface area contributed by atoms with Gasteiger partial charge in [-0.05, 0) is 89.9 Å². The molecule has 2 unspecified atom stereocenters. The number of hydrogen-bond donors (Lipinski definition) is 1. The van der Waals surface area contributed by atoms with Gasteiger partial charge in [-0.15, -0.1) is 0 Å². The third-order valence-electron chi connectivity index (χ3n) is 11.2. The van der Waals surface area contributed by atoms with Crippen molar-refractivity contribution in [3.63, 3.8) is 0 Å². The van der Waals surface area contributed by atoms with Gasteiger partial charge in [0.25, 0.3) is 0 Å². The molecule has 1 N–H and O–H groups in total. The zero-order valence-electron chi connectivity index (χ0n) is 43.6. The highest BCUT2D eigenvalue weighted by Gasteiger charge is 2.27. The number of hydrogen-bond acceptors (Lipinski definition) is 7. The standard InChI is InChI=1S/C57H100NO8P/c1-6-8-10-12-14-16-18-20-22-24-25-26-27-28-29-30-31-32-33-34-36-38-40-42-44-46-48-50-57(60)66-55(54-65-67(61,62)64-52-51-58(3,4)5)53-63-56(59)49-47-45-43-41-39-37-35-23-21-19-17-15-13-11-9-7-2/h8,10,14,16,20,22-23,25-26,28-29,31-32,35,55H,6-7,9,11-13,15,17-19,21,24,27,30,33-34,36-54H2,1-5H3/p+1/b10-8-,16-14-,22-20-,26-25-,29-28-,32-31-,35-23-. The SMILES string of the molecule is CC/C=C\C/C=C\C/C=C\C/C=C\C/C=C\C/C=C\CCCCCCCCCCC(=O)OC(COC(=O)CCCCCCC/C=C\CCCCCCCCC)COP(=O)(O)OCC[N+](C)(C)C. The minimum atomic E-state index is -4.39. The number of nitrogens with zero attached hydrogens (tertiary/aromatic N) is 1. The van der Waals surface area contributed by atoms with Crippen LogP contribution in [0.5, 0.6) is 0 Å². The molecular formula is C57H101NO8P+. The average molecular weight is 959 g/mol. The van der Waals surface area contributed by atoms with Crippen LogP contribution in [-0.2, 0) is 32.7 Å². The molecule has 10 heteroatoms. The molecule has 0 saturated carbocycles. The van der Waals surface area contributed by atoms with E-state index in [9.17, 15) is 19.0 Å². The first-order valence-electron chi connectivity index (χ1n) is 26.8. The lowest BCUT2D eigenvalue weighted by molar-refractivity contribution is -0.870. The maximum absolute atomic E-state index is 12.8. The summed E-state index contributed by atoms with van der Waals surface area (Å²) in [6, 6.07) is 0. The third kappa shape index (κ3) is 52.4. The predicted molar refractivity (Wildman–Crippen MR) is 284 cm³/mol. The molecule has 0 amide bonds. The Kier molecular flexibility index (Phi) is 46.2. The first-order valence-corrected chi connectivity index (χ1v) is 28.3. The van der Waals surface area contributed by atoms with E-state index in [1.807, 2.05) is 21.1 Å². The normalized spacial score (nSPS) is 14.1. The van der Waals surface area contributed by atoms with Gasteiger partial charge in [0, 0.05) is 12.8 Å². The third-order valence-corrected chi connectivity index (χ3v) is 12.1. The number of allylic oxidation sites excluding steroid dienone is 14. The van der Waals surface area contributed by atoms with E-state index in [2.05, 4.69) is 98.9 Å². The highest BCUT2D eigenvalue weighted by molar-refractivity contribution is 7.47. The number of rotatable bonds is 48. The van der Waals surface area contributed by atoms with Crippen LogP contribution in [0, 0.1) is 0 Å². The molecule has 0 fully saturated rings. The van der Waals surface area contributed by atoms with E-state index >= 15 is 0 Å². The number of ether oxygens (including phenoxy) is 2. The Morgan fingerprint density at radius 1 is 0.478 bits per heavy atom. The van der Waals surface area contributed by atoms with E-state index in [4.69, 9.17) is 18.5 Å². The molecule has 0 bridgehead atoms. The summed E-state index contributed by atoms with van der Waals surface area (Å²) in [4.78, 5) is 35.6. The minimum Gasteiger partial charge on any atom is -0.462 e. The highest BCUT2D eigenvalue weighted by atomic mass is 31.2. The number of carbonyl (C=O) groups is 2. The molecule has 386 valence electrons. The maximum atomic E-state index is 12.8. The second-order valence-electron chi connectivity index (χ2n) is 18.9. The first-order chi connectivity index (χ1) is 32.5. The van der Waals surface area contributed by atoms with Crippen molar-refractivity contribution >= 4 is 19.8 Å². The van der Waals surface area contributed by atoms with Crippen LogP contribution >= 0.6 is 7.82 Å². The molecule has 0 aliphatic rings. The fraction of sp³-hybridized carbons (Fsp3) is 0.719. The number of phosphoric acid groups is 1. The molecule has 0 rings (SSSR count). The zero-order chi connectivity index (χ0) is 49.2. The van der Waals surface area contributed by atoms with Gasteiger partial charge in [0.05, 0.1) is 27.7 Å². The van der Waals surface area contributed by atoms with E-state index in [0.717, 1.165) is 103 Å². The average Bonchev–Trinajstić information content (AvgIpc) is 3.29. The number of carbonyl (C=O) groups excluding carboxylic acids is 2. The van der Waals surface area contributed by atoms with Crippen molar-refractivity contribution < 1.29 is 42.1 Å². The molecule has 67 heavy (non-hydrogen) atoms. The van der Waals surface area contributed by atoms with Crippen molar-refractivity contribution in [1.29, 1.82) is 0 Å². The number of likely N-dealkylation sites (N-methyl/N-ethyl adjacent to an activating group) is 1. The Bertz CT molecular complexity index is 1410. The molecule has 2 atom stereocenters. The Hall–Kier alpha value is -2.81. The molecule has 0 saturated heterocycles. The molecule has 0 heterocycles. The second kappa shape index (κ2) is 48.2. The van der Waals surface area contributed by atoms with Gasteiger partial charge in [-0.25, -0.2) is 4.57 Å². The monoisotopic (exact) mass is 959 g/mol.